The lowest BCUT2D eigenvalue weighted by atomic mass is 10.1. The molecule has 2 atom stereocenters. The maximum absolute atomic E-state index is 9.13. The van der Waals surface area contributed by atoms with Crippen LogP contribution in [0.1, 0.15) is 31.9 Å². The number of nitrogens with one attached hydrogen (secondary N) is 1. The molecule has 0 saturated carbocycles. The summed E-state index contributed by atoms with van der Waals surface area (Å²) >= 11 is 3.45. The van der Waals surface area contributed by atoms with Crippen LogP contribution in [0.5, 0.6) is 0 Å². The van der Waals surface area contributed by atoms with Crippen LogP contribution in [0.3, 0.4) is 0 Å². The monoisotopic (exact) mass is 271 g/mol. The van der Waals surface area contributed by atoms with Crippen molar-refractivity contribution in [2.45, 2.75) is 32.4 Å². The first kappa shape index (κ1) is 12.7. The minimum atomic E-state index is -0.229. The standard InChI is InChI=1S/C12H18BrNO/c1-9(15)6-7-14-10(2)11-4-3-5-12(13)8-11/h3-5,8-10,14-15H,6-7H2,1-2H3/t9-,10+/m1/s1. The molecule has 0 fully saturated rings. The molecule has 0 bridgehead atoms. The molecule has 0 radical (unpaired) electrons. The maximum atomic E-state index is 9.13. The Morgan fingerprint density at radius 1 is 1.40 bits per heavy atom. The van der Waals surface area contributed by atoms with Gasteiger partial charge in [-0.3, -0.25) is 0 Å². The van der Waals surface area contributed by atoms with Crippen molar-refractivity contribution in [3.8, 4) is 0 Å². The minimum Gasteiger partial charge on any atom is -0.393 e. The zero-order valence-corrected chi connectivity index (χ0v) is 10.8. The highest BCUT2D eigenvalue weighted by atomic mass is 79.9. The lowest BCUT2D eigenvalue weighted by Gasteiger charge is -2.15. The summed E-state index contributed by atoms with van der Waals surface area (Å²) in [7, 11) is 0. The molecule has 1 aromatic rings. The Kier molecular flexibility index (Phi) is 5.29. The van der Waals surface area contributed by atoms with Gasteiger partial charge in [0.25, 0.3) is 0 Å². The summed E-state index contributed by atoms with van der Waals surface area (Å²) in [5.41, 5.74) is 1.26. The van der Waals surface area contributed by atoms with Crippen molar-refractivity contribution in [2.24, 2.45) is 0 Å². The average Bonchev–Trinajstić information content (AvgIpc) is 2.17. The second-order valence-electron chi connectivity index (χ2n) is 3.87. The quantitative estimate of drug-likeness (QED) is 0.863. The highest BCUT2D eigenvalue weighted by Crippen LogP contribution is 2.17. The van der Waals surface area contributed by atoms with Gasteiger partial charge >= 0.3 is 0 Å². The molecule has 0 heterocycles. The van der Waals surface area contributed by atoms with E-state index in [4.69, 9.17) is 5.11 Å². The number of aliphatic hydroxyl groups is 1. The van der Waals surface area contributed by atoms with Crippen LogP contribution in [0.15, 0.2) is 28.7 Å². The van der Waals surface area contributed by atoms with Crippen molar-refractivity contribution in [2.75, 3.05) is 6.54 Å². The summed E-state index contributed by atoms with van der Waals surface area (Å²) in [6, 6.07) is 8.59. The van der Waals surface area contributed by atoms with Gasteiger partial charge in [-0.2, -0.15) is 0 Å². The summed E-state index contributed by atoms with van der Waals surface area (Å²) in [6.45, 7) is 4.78. The van der Waals surface area contributed by atoms with Crippen LogP contribution < -0.4 is 5.32 Å². The van der Waals surface area contributed by atoms with Gasteiger partial charge in [0.1, 0.15) is 0 Å². The van der Waals surface area contributed by atoms with Crippen molar-refractivity contribution >= 4 is 15.9 Å². The predicted molar refractivity (Wildman–Crippen MR) is 66.9 cm³/mol. The van der Waals surface area contributed by atoms with Crippen molar-refractivity contribution in [3.05, 3.63) is 34.3 Å². The van der Waals surface area contributed by atoms with Gasteiger partial charge in [0.2, 0.25) is 0 Å². The summed E-state index contributed by atoms with van der Waals surface area (Å²) in [5.74, 6) is 0. The van der Waals surface area contributed by atoms with E-state index in [0.717, 1.165) is 17.4 Å². The molecule has 0 aliphatic carbocycles. The largest absolute Gasteiger partial charge is 0.393 e. The van der Waals surface area contributed by atoms with E-state index in [2.05, 4.69) is 40.3 Å². The van der Waals surface area contributed by atoms with Crippen LogP contribution in [-0.2, 0) is 0 Å². The fourth-order valence-corrected chi connectivity index (χ4v) is 1.82. The molecular weight excluding hydrogens is 254 g/mol. The molecule has 84 valence electrons. The molecule has 1 rings (SSSR count). The summed E-state index contributed by atoms with van der Waals surface area (Å²) < 4.78 is 1.10. The molecule has 0 amide bonds. The van der Waals surface area contributed by atoms with Crippen molar-refractivity contribution < 1.29 is 5.11 Å². The fraction of sp³-hybridized carbons (Fsp3) is 0.500. The van der Waals surface area contributed by atoms with Crippen LogP contribution >= 0.6 is 15.9 Å². The van der Waals surface area contributed by atoms with Gasteiger partial charge in [-0.1, -0.05) is 28.1 Å². The zero-order valence-electron chi connectivity index (χ0n) is 9.20. The number of hydrogen-bond acceptors (Lipinski definition) is 2. The van der Waals surface area contributed by atoms with Gasteiger partial charge in [0, 0.05) is 10.5 Å². The SMILES string of the molecule is C[C@H](NCC[C@@H](C)O)c1cccc(Br)c1. The van der Waals surface area contributed by atoms with E-state index in [0.29, 0.717) is 6.04 Å². The van der Waals surface area contributed by atoms with E-state index in [1.54, 1.807) is 0 Å². The Bertz CT molecular complexity index is 301. The normalized spacial score (nSPS) is 14.9. The molecule has 0 saturated heterocycles. The Morgan fingerprint density at radius 2 is 2.13 bits per heavy atom. The molecule has 15 heavy (non-hydrogen) atoms. The van der Waals surface area contributed by atoms with Gasteiger partial charge in [-0.25, -0.2) is 0 Å². The van der Waals surface area contributed by atoms with E-state index in [-0.39, 0.29) is 6.10 Å². The Hall–Kier alpha value is -0.380. The molecule has 0 aliphatic rings. The van der Waals surface area contributed by atoms with Crippen molar-refractivity contribution in [1.82, 2.24) is 5.32 Å². The number of aliphatic hydroxyl groups excluding tert-OH is 1. The zero-order chi connectivity index (χ0) is 11.3. The molecule has 0 spiro atoms. The summed E-state index contributed by atoms with van der Waals surface area (Å²) in [4.78, 5) is 0. The smallest absolute Gasteiger partial charge is 0.0524 e. The topological polar surface area (TPSA) is 32.3 Å². The number of hydrogen-bond donors (Lipinski definition) is 2. The predicted octanol–water partition coefficient (Wildman–Crippen LogP) is 2.87. The highest BCUT2D eigenvalue weighted by Gasteiger charge is 2.05. The van der Waals surface area contributed by atoms with Gasteiger partial charge in [0.15, 0.2) is 0 Å². The van der Waals surface area contributed by atoms with Crippen LogP contribution in [0.4, 0.5) is 0 Å². The molecule has 3 heteroatoms. The molecule has 0 aromatic heterocycles. The third kappa shape index (κ3) is 4.78. The lowest BCUT2D eigenvalue weighted by Crippen LogP contribution is -2.22. The number of benzene rings is 1. The van der Waals surface area contributed by atoms with Crippen LogP contribution in [0.25, 0.3) is 0 Å². The van der Waals surface area contributed by atoms with Gasteiger partial charge in [-0.05, 0) is 44.5 Å². The van der Waals surface area contributed by atoms with Crippen molar-refractivity contribution in [1.29, 1.82) is 0 Å². The first-order chi connectivity index (χ1) is 7.09. The van der Waals surface area contributed by atoms with Gasteiger partial charge in [-0.15, -0.1) is 0 Å². The highest BCUT2D eigenvalue weighted by molar-refractivity contribution is 9.10. The minimum absolute atomic E-state index is 0.229. The van der Waals surface area contributed by atoms with E-state index in [9.17, 15) is 0 Å². The molecular formula is C12H18BrNO. The lowest BCUT2D eigenvalue weighted by molar-refractivity contribution is 0.182. The van der Waals surface area contributed by atoms with E-state index >= 15 is 0 Å². The Labute approximate surface area is 99.8 Å². The molecule has 1 aromatic carbocycles. The third-order valence-electron chi connectivity index (χ3n) is 2.36. The summed E-state index contributed by atoms with van der Waals surface area (Å²) in [6.07, 6.45) is 0.561. The second-order valence-corrected chi connectivity index (χ2v) is 4.78. The Morgan fingerprint density at radius 3 is 2.73 bits per heavy atom. The van der Waals surface area contributed by atoms with Gasteiger partial charge in [0.05, 0.1) is 6.10 Å². The van der Waals surface area contributed by atoms with E-state index in [1.807, 2.05) is 19.1 Å². The van der Waals surface area contributed by atoms with Crippen LogP contribution in [-0.4, -0.2) is 17.8 Å². The number of rotatable bonds is 5. The third-order valence-corrected chi connectivity index (χ3v) is 2.85. The average molecular weight is 272 g/mol. The van der Waals surface area contributed by atoms with Crippen LogP contribution in [0, 0.1) is 0 Å². The van der Waals surface area contributed by atoms with Crippen LogP contribution in [0.2, 0.25) is 0 Å². The van der Waals surface area contributed by atoms with E-state index < -0.39 is 0 Å². The Balaban J connectivity index is 2.43. The van der Waals surface area contributed by atoms with Crippen molar-refractivity contribution in [3.63, 3.8) is 0 Å². The second kappa shape index (κ2) is 6.26. The first-order valence-electron chi connectivity index (χ1n) is 5.26. The maximum Gasteiger partial charge on any atom is 0.0524 e. The number of halogens is 1. The summed E-state index contributed by atoms with van der Waals surface area (Å²) in [5, 5.41) is 12.5. The molecule has 0 aliphatic heterocycles. The van der Waals surface area contributed by atoms with Gasteiger partial charge < -0.3 is 10.4 Å². The molecule has 2 N–H and O–H groups in total. The fourth-order valence-electron chi connectivity index (χ4n) is 1.40. The van der Waals surface area contributed by atoms with E-state index in [1.165, 1.54) is 5.56 Å². The molecule has 2 nitrogen and oxygen atoms in total. The molecule has 0 unspecified atom stereocenters. The first-order valence-corrected chi connectivity index (χ1v) is 6.06.